The molecular weight excluding hydrogens is 238 g/mol. The van der Waals surface area contributed by atoms with Crippen molar-refractivity contribution >= 4 is 15.5 Å². The fraction of sp³-hybridized carbons (Fsp3) is 0.500. The van der Waals surface area contributed by atoms with Gasteiger partial charge in [-0.3, -0.25) is 0 Å². The van der Waals surface area contributed by atoms with Gasteiger partial charge in [-0.05, 0) is 43.5 Å². The second-order valence-corrected chi connectivity index (χ2v) is 6.15. The maximum absolute atomic E-state index is 12.0. The molecule has 0 spiro atoms. The number of methoxy groups -OCH3 is 1. The second-order valence-electron chi connectivity index (χ2n) is 4.04. The molecule has 96 valence electrons. The third kappa shape index (κ3) is 4.02. The minimum absolute atomic E-state index is 0.152. The largest absolute Gasteiger partial charge is 0.399 e. The van der Waals surface area contributed by atoms with E-state index < -0.39 is 9.84 Å². The Morgan fingerprint density at radius 3 is 2.59 bits per heavy atom. The van der Waals surface area contributed by atoms with Gasteiger partial charge in [0.05, 0.1) is 10.6 Å². The molecule has 2 N–H and O–H groups in total. The number of nitrogens with two attached hydrogens (primary N) is 1. The van der Waals surface area contributed by atoms with E-state index in [0.717, 1.165) is 12.0 Å². The van der Waals surface area contributed by atoms with Gasteiger partial charge >= 0.3 is 0 Å². The number of sulfone groups is 1. The third-order valence-electron chi connectivity index (χ3n) is 2.61. The van der Waals surface area contributed by atoms with E-state index in [9.17, 15) is 8.42 Å². The molecule has 0 fully saturated rings. The number of aryl methyl sites for hydroxylation is 1. The lowest BCUT2D eigenvalue weighted by atomic mass is 10.2. The topological polar surface area (TPSA) is 69.4 Å². The van der Waals surface area contributed by atoms with Crippen LogP contribution in [0.3, 0.4) is 0 Å². The molecule has 1 aromatic rings. The lowest BCUT2D eigenvalue weighted by molar-refractivity contribution is 0.194. The Balaban J connectivity index is 2.72. The van der Waals surface area contributed by atoms with Crippen LogP contribution in [-0.4, -0.2) is 27.9 Å². The third-order valence-corrected chi connectivity index (χ3v) is 4.41. The zero-order valence-electron chi connectivity index (χ0n) is 10.3. The van der Waals surface area contributed by atoms with Crippen molar-refractivity contribution in [3.05, 3.63) is 23.8 Å². The van der Waals surface area contributed by atoms with E-state index in [-0.39, 0.29) is 5.75 Å². The summed E-state index contributed by atoms with van der Waals surface area (Å²) in [6, 6.07) is 4.83. The molecule has 0 aliphatic heterocycles. The molecule has 17 heavy (non-hydrogen) atoms. The molecule has 0 heterocycles. The molecule has 0 aliphatic rings. The lowest BCUT2D eigenvalue weighted by Crippen LogP contribution is -2.08. The van der Waals surface area contributed by atoms with Gasteiger partial charge in [-0.25, -0.2) is 8.42 Å². The first-order chi connectivity index (χ1) is 7.97. The van der Waals surface area contributed by atoms with E-state index in [1.54, 1.807) is 32.2 Å². The summed E-state index contributed by atoms with van der Waals surface area (Å²) in [5.74, 6) is 0.152. The number of rotatable bonds is 6. The van der Waals surface area contributed by atoms with E-state index in [0.29, 0.717) is 23.6 Å². The summed E-state index contributed by atoms with van der Waals surface area (Å²) in [5, 5.41) is 0. The van der Waals surface area contributed by atoms with Crippen LogP contribution in [0.25, 0.3) is 0 Å². The summed E-state index contributed by atoms with van der Waals surface area (Å²) in [7, 11) is -1.58. The molecule has 4 nitrogen and oxygen atoms in total. The van der Waals surface area contributed by atoms with Crippen molar-refractivity contribution in [1.82, 2.24) is 0 Å². The van der Waals surface area contributed by atoms with Crippen LogP contribution in [0, 0.1) is 6.92 Å². The van der Waals surface area contributed by atoms with Crippen LogP contribution in [0.4, 0.5) is 5.69 Å². The highest BCUT2D eigenvalue weighted by Crippen LogP contribution is 2.18. The molecule has 0 unspecified atom stereocenters. The van der Waals surface area contributed by atoms with Gasteiger partial charge in [-0.15, -0.1) is 0 Å². The van der Waals surface area contributed by atoms with Gasteiger partial charge in [0.25, 0.3) is 0 Å². The number of hydrogen-bond acceptors (Lipinski definition) is 4. The predicted molar refractivity (Wildman–Crippen MR) is 68.8 cm³/mol. The molecular formula is C12H19NO3S. The van der Waals surface area contributed by atoms with Crippen LogP contribution < -0.4 is 5.73 Å². The predicted octanol–water partition coefficient (Wildman–Crippen LogP) is 1.78. The fourth-order valence-electron chi connectivity index (χ4n) is 1.50. The van der Waals surface area contributed by atoms with Crippen molar-refractivity contribution < 1.29 is 13.2 Å². The Morgan fingerprint density at radius 1 is 1.29 bits per heavy atom. The zero-order chi connectivity index (χ0) is 12.9. The molecule has 0 saturated heterocycles. The van der Waals surface area contributed by atoms with Gasteiger partial charge in [0.1, 0.15) is 0 Å². The SMILES string of the molecule is COCCCCS(=O)(=O)c1ccc(N)c(C)c1. The minimum Gasteiger partial charge on any atom is -0.399 e. The number of ether oxygens (including phenoxy) is 1. The summed E-state index contributed by atoms with van der Waals surface area (Å²) in [5.41, 5.74) is 7.07. The Bertz CT molecular complexity index is 469. The first kappa shape index (κ1) is 14.0. The quantitative estimate of drug-likeness (QED) is 0.623. The minimum atomic E-state index is -3.19. The van der Waals surface area contributed by atoms with Crippen LogP contribution >= 0.6 is 0 Å². The van der Waals surface area contributed by atoms with Crippen LogP contribution in [-0.2, 0) is 14.6 Å². The van der Waals surface area contributed by atoms with Crippen molar-refractivity contribution in [2.45, 2.75) is 24.7 Å². The average Bonchev–Trinajstić information content (AvgIpc) is 2.28. The summed E-state index contributed by atoms with van der Waals surface area (Å²) >= 11 is 0. The van der Waals surface area contributed by atoms with E-state index in [1.807, 2.05) is 0 Å². The Kier molecular flexibility index (Phi) is 4.96. The standard InChI is InChI=1S/C12H19NO3S/c1-10-9-11(5-6-12(10)13)17(14,15)8-4-3-7-16-2/h5-6,9H,3-4,7-8,13H2,1-2H3. The van der Waals surface area contributed by atoms with Gasteiger partial charge in [0.15, 0.2) is 9.84 Å². The second kappa shape index (κ2) is 6.02. The summed E-state index contributed by atoms with van der Waals surface area (Å²) < 4.78 is 28.8. The molecule has 5 heteroatoms. The van der Waals surface area contributed by atoms with Crippen LogP contribution in [0.1, 0.15) is 18.4 Å². The van der Waals surface area contributed by atoms with Crippen molar-refractivity contribution in [2.24, 2.45) is 0 Å². The van der Waals surface area contributed by atoms with Gasteiger partial charge in [-0.2, -0.15) is 0 Å². The first-order valence-electron chi connectivity index (χ1n) is 5.55. The average molecular weight is 257 g/mol. The number of nitrogen functional groups attached to an aromatic ring is 1. The summed E-state index contributed by atoms with van der Waals surface area (Å²) in [6.45, 7) is 2.40. The molecule has 1 aromatic carbocycles. The van der Waals surface area contributed by atoms with E-state index in [4.69, 9.17) is 10.5 Å². The van der Waals surface area contributed by atoms with Crippen LogP contribution in [0.15, 0.2) is 23.1 Å². The van der Waals surface area contributed by atoms with E-state index in [1.165, 1.54) is 0 Å². The van der Waals surface area contributed by atoms with Crippen LogP contribution in [0.2, 0.25) is 0 Å². The van der Waals surface area contributed by atoms with Gasteiger partial charge < -0.3 is 10.5 Å². The smallest absolute Gasteiger partial charge is 0.178 e. The molecule has 0 atom stereocenters. The van der Waals surface area contributed by atoms with Gasteiger partial charge in [0.2, 0.25) is 0 Å². The monoisotopic (exact) mass is 257 g/mol. The van der Waals surface area contributed by atoms with Crippen molar-refractivity contribution in [3.63, 3.8) is 0 Å². The van der Waals surface area contributed by atoms with Gasteiger partial charge in [0, 0.05) is 19.4 Å². The Morgan fingerprint density at radius 2 is 2.00 bits per heavy atom. The fourth-order valence-corrected chi connectivity index (χ4v) is 2.95. The van der Waals surface area contributed by atoms with Gasteiger partial charge in [-0.1, -0.05) is 0 Å². The lowest BCUT2D eigenvalue weighted by Gasteiger charge is -2.06. The van der Waals surface area contributed by atoms with Crippen molar-refractivity contribution in [3.8, 4) is 0 Å². The summed E-state index contributed by atoms with van der Waals surface area (Å²) in [4.78, 5) is 0.349. The van der Waals surface area contributed by atoms with Crippen LogP contribution in [0.5, 0.6) is 0 Å². The molecule has 0 bridgehead atoms. The van der Waals surface area contributed by atoms with E-state index >= 15 is 0 Å². The van der Waals surface area contributed by atoms with Crippen molar-refractivity contribution in [2.75, 3.05) is 25.2 Å². The highest BCUT2D eigenvalue weighted by Gasteiger charge is 2.14. The molecule has 0 aliphatic carbocycles. The molecule has 0 saturated carbocycles. The highest BCUT2D eigenvalue weighted by atomic mass is 32.2. The maximum Gasteiger partial charge on any atom is 0.178 e. The highest BCUT2D eigenvalue weighted by molar-refractivity contribution is 7.91. The Labute approximate surface area is 103 Å². The van der Waals surface area contributed by atoms with E-state index in [2.05, 4.69) is 0 Å². The molecule has 0 amide bonds. The maximum atomic E-state index is 12.0. The number of hydrogen-bond donors (Lipinski definition) is 1. The molecule has 0 radical (unpaired) electrons. The summed E-state index contributed by atoms with van der Waals surface area (Å²) in [6.07, 6.45) is 1.36. The number of unbranched alkanes of at least 4 members (excludes halogenated alkanes) is 1. The first-order valence-corrected chi connectivity index (χ1v) is 7.20. The number of anilines is 1. The molecule has 1 rings (SSSR count). The van der Waals surface area contributed by atoms with Crippen molar-refractivity contribution in [1.29, 1.82) is 0 Å². The molecule has 0 aromatic heterocycles. The zero-order valence-corrected chi connectivity index (χ0v) is 11.1. The Hall–Kier alpha value is -1.07. The normalized spacial score (nSPS) is 11.6. The number of benzene rings is 1.